The highest BCUT2D eigenvalue weighted by molar-refractivity contribution is 5.14. The smallest absolute Gasteiger partial charge is 0.0252 e. The molecule has 0 amide bonds. The van der Waals surface area contributed by atoms with Gasteiger partial charge in [0.05, 0.1) is 0 Å². The average Bonchev–Trinajstić information content (AvgIpc) is 2.48. The van der Waals surface area contributed by atoms with E-state index in [4.69, 9.17) is 0 Å². The molecule has 1 aliphatic rings. The van der Waals surface area contributed by atoms with Gasteiger partial charge < -0.3 is 5.32 Å². The van der Waals surface area contributed by atoms with Crippen LogP contribution >= 0.6 is 0 Å². The molecule has 0 spiro atoms. The first-order valence-corrected chi connectivity index (χ1v) is 8.59. The summed E-state index contributed by atoms with van der Waals surface area (Å²) in [6.45, 7) is 9.12. The summed E-state index contributed by atoms with van der Waals surface area (Å²) in [6.07, 6.45) is 4.03. The van der Waals surface area contributed by atoms with Crippen LogP contribution in [-0.4, -0.2) is 30.6 Å². The molecule has 3 unspecified atom stereocenters. The molecule has 2 heteroatoms. The number of hydrogen-bond acceptors (Lipinski definition) is 2. The Balaban J connectivity index is 2.03. The number of nitrogens with one attached hydrogen (secondary N) is 1. The van der Waals surface area contributed by atoms with Gasteiger partial charge in [0.25, 0.3) is 0 Å². The topological polar surface area (TPSA) is 15.3 Å². The molecule has 118 valence electrons. The molecule has 1 saturated carbocycles. The second-order valence-electron chi connectivity index (χ2n) is 6.95. The van der Waals surface area contributed by atoms with E-state index in [-0.39, 0.29) is 0 Å². The number of rotatable bonds is 6. The van der Waals surface area contributed by atoms with Crippen molar-refractivity contribution in [2.45, 2.75) is 58.7 Å². The van der Waals surface area contributed by atoms with Crippen molar-refractivity contribution in [3.8, 4) is 0 Å². The number of benzene rings is 1. The first kappa shape index (κ1) is 16.5. The maximum absolute atomic E-state index is 3.72. The van der Waals surface area contributed by atoms with E-state index in [1.165, 1.54) is 24.8 Å². The van der Waals surface area contributed by atoms with Crippen LogP contribution in [0.1, 0.15) is 45.6 Å². The Hall–Kier alpha value is -0.860. The highest BCUT2D eigenvalue weighted by Gasteiger charge is 2.33. The number of hydrogen-bond donors (Lipinski definition) is 1. The molecule has 0 saturated heterocycles. The fourth-order valence-corrected chi connectivity index (χ4v) is 3.76. The van der Waals surface area contributed by atoms with Crippen LogP contribution in [0.2, 0.25) is 0 Å². The van der Waals surface area contributed by atoms with E-state index in [1.807, 2.05) is 0 Å². The minimum atomic E-state index is 0.652. The molecule has 1 aromatic carbocycles. The van der Waals surface area contributed by atoms with Crippen molar-refractivity contribution >= 4 is 0 Å². The molecule has 1 aliphatic carbocycles. The summed E-state index contributed by atoms with van der Waals surface area (Å²) in [7, 11) is 2.30. The lowest BCUT2D eigenvalue weighted by molar-refractivity contribution is 0.0982. The summed E-state index contributed by atoms with van der Waals surface area (Å²) in [5.74, 6) is 1.68. The Morgan fingerprint density at radius 1 is 1.19 bits per heavy atom. The monoisotopic (exact) mass is 288 g/mol. The van der Waals surface area contributed by atoms with Gasteiger partial charge in [-0.2, -0.15) is 0 Å². The van der Waals surface area contributed by atoms with Gasteiger partial charge >= 0.3 is 0 Å². The van der Waals surface area contributed by atoms with E-state index in [0.717, 1.165) is 24.9 Å². The number of likely N-dealkylation sites (N-methyl/N-ethyl adjacent to an activating group) is 2. The average molecular weight is 288 g/mol. The van der Waals surface area contributed by atoms with Gasteiger partial charge in [-0.1, -0.05) is 51.1 Å². The second-order valence-corrected chi connectivity index (χ2v) is 6.95. The zero-order chi connectivity index (χ0) is 15.2. The molecule has 0 radical (unpaired) electrons. The van der Waals surface area contributed by atoms with Crippen LogP contribution in [0.15, 0.2) is 30.3 Å². The second kappa shape index (κ2) is 7.95. The molecule has 0 bridgehead atoms. The molecule has 2 nitrogen and oxygen atoms in total. The fraction of sp³-hybridized carbons (Fsp3) is 0.684. The molecule has 1 N–H and O–H groups in total. The maximum Gasteiger partial charge on any atom is 0.0252 e. The quantitative estimate of drug-likeness (QED) is 0.853. The maximum atomic E-state index is 3.72. The van der Waals surface area contributed by atoms with Crippen LogP contribution < -0.4 is 5.32 Å². The highest BCUT2D eigenvalue weighted by atomic mass is 15.2. The van der Waals surface area contributed by atoms with Crippen LogP contribution in [0.25, 0.3) is 0 Å². The molecule has 21 heavy (non-hydrogen) atoms. The third-order valence-electron chi connectivity index (χ3n) is 5.11. The Morgan fingerprint density at radius 2 is 1.90 bits per heavy atom. The summed E-state index contributed by atoms with van der Waals surface area (Å²) in [5.41, 5.74) is 1.42. The van der Waals surface area contributed by atoms with E-state index < -0.39 is 0 Å². The minimum Gasteiger partial charge on any atom is -0.313 e. The standard InChI is InChI=1S/C19H32N2/c1-5-20-18-12-11-17(15(2)3)13-19(18)21(4)14-16-9-7-6-8-10-16/h6-10,15,17-20H,5,11-14H2,1-4H3. The molecule has 2 rings (SSSR count). The van der Waals surface area contributed by atoms with Crippen molar-refractivity contribution in [1.29, 1.82) is 0 Å². The van der Waals surface area contributed by atoms with Gasteiger partial charge in [0.15, 0.2) is 0 Å². The largest absolute Gasteiger partial charge is 0.313 e. The summed E-state index contributed by atoms with van der Waals surface area (Å²) in [4.78, 5) is 2.57. The lowest BCUT2D eigenvalue weighted by Gasteiger charge is -2.43. The molecule has 3 atom stereocenters. The van der Waals surface area contributed by atoms with Crippen LogP contribution in [0, 0.1) is 11.8 Å². The van der Waals surface area contributed by atoms with Crippen LogP contribution in [0.5, 0.6) is 0 Å². The minimum absolute atomic E-state index is 0.652. The molecule has 0 heterocycles. The Bertz CT molecular complexity index is 401. The Kier molecular flexibility index (Phi) is 6.25. The lowest BCUT2D eigenvalue weighted by atomic mass is 9.76. The van der Waals surface area contributed by atoms with Gasteiger partial charge in [-0.25, -0.2) is 0 Å². The van der Waals surface area contributed by atoms with E-state index in [1.54, 1.807) is 0 Å². The van der Waals surface area contributed by atoms with Gasteiger partial charge in [0.2, 0.25) is 0 Å². The predicted octanol–water partition coefficient (Wildman–Crippen LogP) is 3.92. The zero-order valence-corrected chi connectivity index (χ0v) is 14.2. The van der Waals surface area contributed by atoms with E-state index in [2.05, 4.69) is 68.4 Å². The molecular weight excluding hydrogens is 256 g/mol. The van der Waals surface area contributed by atoms with Gasteiger partial charge in [0.1, 0.15) is 0 Å². The summed E-state index contributed by atoms with van der Waals surface area (Å²) in [6, 6.07) is 12.2. The van der Waals surface area contributed by atoms with Crippen molar-refractivity contribution in [1.82, 2.24) is 10.2 Å². The lowest BCUT2D eigenvalue weighted by Crippen LogP contribution is -2.52. The van der Waals surface area contributed by atoms with Crippen LogP contribution in [0.4, 0.5) is 0 Å². The Labute approximate surface area is 130 Å². The molecule has 0 aromatic heterocycles. The molecular formula is C19H32N2. The highest BCUT2D eigenvalue weighted by Crippen LogP contribution is 2.32. The Morgan fingerprint density at radius 3 is 2.52 bits per heavy atom. The van der Waals surface area contributed by atoms with Crippen molar-refractivity contribution in [2.75, 3.05) is 13.6 Å². The zero-order valence-electron chi connectivity index (χ0n) is 14.2. The van der Waals surface area contributed by atoms with Gasteiger partial charge in [-0.3, -0.25) is 4.90 Å². The summed E-state index contributed by atoms with van der Waals surface area (Å²) in [5, 5.41) is 3.72. The van der Waals surface area contributed by atoms with Crippen molar-refractivity contribution in [3.63, 3.8) is 0 Å². The molecule has 1 aromatic rings. The number of nitrogens with zero attached hydrogens (tertiary/aromatic N) is 1. The third-order valence-corrected chi connectivity index (χ3v) is 5.11. The first-order valence-electron chi connectivity index (χ1n) is 8.59. The summed E-state index contributed by atoms with van der Waals surface area (Å²) < 4.78 is 0. The van der Waals surface area contributed by atoms with E-state index in [0.29, 0.717) is 12.1 Å². The molecule has 1 fully saturated rings. The predicted molar refractivity (Wildman–Crippen MR) is 91.3 cm³/mol. The SMILES string of the molecule is CCNC1CCC(C(C)C)CC1N(C)Cc1ccccc1. The van der Waals surface area contributed by atoms with Gasteiger partial charge in [-0.15, -0.1) is 0 Å². The van der Waals surface area contributed by atoms with E-state index in [9.17, 15) is 0 Å². The van der Waals surface area contributed by atoms with E-state index >= 15 is 0 Å². The van der Waals surface area contributed by atoms with Gasteiger partial charge in [-0.05, 0) is 50.3 Å². The van der Waals surface area contributed by atoms with Crippen molar-refractivity contribution < 1.29 is 0 Å². The van der Waals surface area contributed by atoms with Crippen LogP contribution in [-0.2, 0) is 6.54 Å². The fourth-order valence-electron chi connectivity index (χ4n) is 3.76. The van der Waals surface area contributed by atoms with Crippen molar-refractivity contribution in [3.05, 3.63) is 35.9 Å². The summed E-state index contributed by atoms with van der Waals surface area (Å²) >= 11 is 0. The first-order chi connectivity index (χ1) is 10.1. The normalized spacial score (nSPS) is 26.5. The molecule has 0 aliphatic heterocycles. The van der Waals surface area contributed by atoms with Crippen molar-refractivity contribution in [2.24, 2.45) is 11.8 Å². The third kappa shape index (κ3) is 4.55. The van der Waals surface area contributed by atoms with Crippen LogP contribution in [0.3, 0.4) is 0 Å². The van der Waals surface area contributed by atoms with Gasteiger partial charge in [0, 0.05) is 18.6 Å².